The van der Waals surface area contributed by atoms with E-state index >= 15 is 0 Å². The lowest BCUT2D eigenvalue weighted by Crippen LogP contribution is -2.02. The van der Waals surface area contributed by atoms with Gasteiger partial charge in [0.2, 0.25) is 0 Å². The molecule has 17 heavy (non-hydrogen) atoms. The number of ketones is 1. The monoisotopic (exact) mass is 229 g/mol. The number of carbonyl (C=O) groups excluding carboxylic acids is 1. The first-order chi connectivity index (χ1) is 8.08. The molecule has 0 atom stereocenters. The number of benzene rings is 2. The lowest BCUT2D eigenvalue weighted by Gasteiger charge is -2.05. The number of phenols is 2. The van der Waals surface area contributed by atoms with E-state index in [1.807, 2.05) is 0 Å². The van der Waals surface area contributed by atoms with Crippen LogP contribution in [0.3, 0.4) is 0 Å². The summed E-state index contributed by atoms with van der Waals surface area (Å²) in [6.45, 7) is 0. The fraction of sp³-hybridized carbons (Fsp3) is 0. The number of carbonyl (C=O) groups is 1. The van der Waals surface area contributed by atoms with Crippen LogP contribution in [0.1, 0.15) is 15.9 Å². The van der Waals surface area contributed by atoms with Gasteiger partial charge in [-0.3, -0.25) is 4.79 Å². The van der Waals surface area contributed by atoms with E-state index in [0.29, 0.717) is 11.3 Å². The molecule has 0 bridgehead atoms. The van der Waals surface area contributed by atoms with E-state index in [0.717, 1.165) is 6.07 Å². The molecule has 2 aromatic rings. The van der Waals surface area contributed by atoms with Crippen LogP contribution in [-0.4, -0.2) is 16.0 Å². The third-order valence-electron chi connectivity index (χ3n) is 2.37. The third kappa shape index (κ3) is 2.20. The minimum absolute atomic E-state index is 0.0911. The Kier molecular flexibility index (Phi) is 2.70. The van der Waals surface area contributed by atoms with E-state index in [9.17, 15) is 9.90 Å². The van der Waals surface area contributed by atoms with Crippen molar-refractivity contribution < 1.29 is 15.0 Å². The number of hydrogen-bond acceptors (Lipinski definition) is 4. The summed E-state index contributed by atoms with van der Waals surface area (Å²) < 4.78 is 0. The van der Waals surface area contributed by atoms with Crippen LogP contribution >= 0.6 is 0 Å². The number of rotatable bonds is 2. The van der Waals surface area contributed by atoms with Gasteiger partial charge < -0.3 is 15.9 Å². The molecule has 4 nitrogen and oxygen atoms in total. The predicted molar refractivity (Wildman–Crippen MR) is 64.1 cm³/mol. The second-order valence-corrected chi connectivity index (χ2v) is 3.66. The quantitative estimate of drug-likeness (QED) is 0.542. The number of nitrogen functional groups attached to an aromatic ring is 1. The first-order valence-corrected chi connectivity index (χ1v) is 5.00. The standard InChI is InChI=1S/C13H11NO3/c14-9-3-1-2-8(6-9)13(17)11-5-4-10(15)7-12(11)16/h1-7,15-16H,14H2. The Morgan fingerprint density at radius 1 is 1.06 bits per heavy atom. The first-order valence-electron chi connectivity index (χ1n) is 5.00. The molecule has 4 N–H and O–H groups in total. The van der Waals surface area contributed by atoms with Gasteiger partial charge in [0.05, 0.1) is 5.56 Å². The van der Waals surface area contributed by atoms with Crippen LogP contribution in [0.2, 0.25) is 0 Å². The summed E-state index contributed by atoms with van der Waals surface area (Å²) >= 11 is 0. The number of anilines is 1. The Bertz CT molecular complexity index is 579. The van der Waals surface area contributed by atoms with Crippen molar-refractivity contribution in [3.8, 4) is 11.5 Å². The second kappa shape index (κ2) is 4.17. The molecule has 0 amide bonds. The van der Waals surface area contributed by atoms with Gasteiger partial charge in [-0.05, 0) is 24.3 Å². The average Bonchev–Trinajstić information content (AvgIpc) is 2.28. The van der Waals surface area contributed by atoms with E-state index in [2.05, 4.69) is 0 Å². The van der Waals surface area contributed by atoms with Crippen LogP contribution in [0.15, 0.2) is 42.5 Å². The fourth-order valence-corrected chi connectivity index (χ4v) is 1.55. The molecule has 2 aromatic carbocycles. The van der Waals surface area contributed by atoms with Crippen molar-refractivity contribution in [2.45, 2.75) is 0 Å². The average molecular weight is 229 g/mol. The number of nitrogens with two attached hydrogens (primary N) is 1. The zero-order valence-electron chi connectivity index (χ0n) is 8.92. The van der Waals surface area contributed by atoms with Crippen LogP contribution in [0.5, 0.6) is 11.5 Å². The summed E-state index contributed by atoms with van der Waals surface area (Å²) in [5.41, 5.74) is 6.59. The maximum Gasteiger partial charge on any atom is 0.196 e. The molecule has 0 spiro atoms. The number of hydrogen-bond donors (Lipinski definition) is 3. The molecular formula is C13H11NO3. The Morgan fingerprint density at radius 2 is 1.82 bits per heavy atom. The van der Waals surface area contributed by atoms with Gasteiger partial charge in [-0.1, -0.05) is 12.1 Å². The van der Waals surface area contributed by atoms with E-state index < -0.39 is 0 Å². The summed E-state index contributed by atoms with van der Waals surface area (Å²) in [5.74, 6) is -0.682. The summed E-state index contributed by atoms with van der Waals surface area (Å²) in [7, 11) is 0. The van der Waals surface area contributed by atoms with E-state index in [-0.39, 0.29) is 22.8 Å². The van der Waals surface area contributed by atoms with Gasteiger partial charge in [-0.25, -0.2) is 0 Å². The Labute approximate surface area is 97.9 Å². The lowest BCUT2D eigenvalue weighted by atomic mass is 10.0. The van der Waals surface area contributed by atoms with Gasteiger partial charge in [0.1, 0.15) is 11.5 Å². The van der Waals surface area contributed by atoms with Crippen LogP contribution in [-0.2, 0) is 0 Å². The Morgan fingerprint density at radius 3 is 2.47 bits per heavy atom. The van der Waals surface area contributed by atoms with Gasteiger partial charge in [0.25, 0.3) is 0 Å². The molecule has 86 valence electrons. The smallest absolute Gasteiger partial charge is 0.196 e. The molecule has 0 aliphatic rings. The summed E-state index contributed by atoms with van der Waals surface area (Å²) in [5, 5.41) is 18.7. The highest BCUT2D eigenvalue weighted by Gasteiger charge is 2.13. The Balaban J connectivity index is 2.44. The number of aromatic hydroxyl groups is 2. The molecule has 0 saturated heterocycles. The van der Waals surface area contributed by atoms with E-state index in [1.165, 1.54) is 18.2 Å². The fourth-order valence-electron chi connectivity index (χ4n) is 1.55. The predicted octanol–water partition coefficient (Wildman–Crippen LogP) is 1.91. The zero-order chi connectivity index (χ0) is 12.4. The van der Waals surface area contributed by atoms with Crippen LogP contribution in [0.25, 0.3) is 0 Å². The van der Waals surface area contributed by atoms with Crippen molar-refractivity contribution in [1.29, 1.82) is 0 Å². The molecule has 0 saturated carbocycles. The molecule has 0 radical (unpaired) electrons. The molecule has 2 rings (SSSR count). The first kappa shape index (κ1) is 11.0. The maximum atomic E-state index is 12.0. The molecule has 0 aliphatic carbocycles. The highest BCUT2D eigenvalue weighted by molar-refractivity contribution is 6.11. The highest BCUT2D eigenvalue weighted by atomic mass is 16.3. The molecule has 0 unspecified atom stereocenters. The molecule has 0 aliphatic heterocycles. The summed E-state index contributed by atoms with van der Waals surface area (Å²) in [6.07, 6.45) is 0. The van der Waals surface area contributed by atoms with Crippen molar-refractivity contribution in [1.82, 2.24) is 0 Å². The molecule has 4 heteroatoms. The topological polar surface area (TPSA) is 83.6 Å². The minimum Gasteiger partial charge on any atom is -0.508 e. The van der Waals surface area contributed by atoms with Crippen molar-refractivity contribution in [2.75, 3.05) is 5.73 Å². The van der Waals surface area contributed by atoms with Crippen LogP contribution in [0, 0.1) is 0 Å². The minimum atomic E-state index is -0.338. The molecule has 0 aromatic heterocycles. The van der Waals surface area contributed by atoms with Crippen molar-refractivity contribution in [2.24, 2.45) is 0 Å². The van der Waals surface area contributed by atoms with Gasteiger partial charge in [0.15, 0.2) is 5.78 Å². The second-order valence-electron chi connectivity index (χ2n) is 3.66. The molecular weight excluding hydrogens is 218 g/mol. The maximum absolute atomic E-state index is 12.0. The van der Waals surface area contributed by atoms with E-state index in [1.54, 1.807) is 18.2 Å². The highest BCUT2D eigenvalue weighted by Crippen LogP contribution is 2.25. The molecule has 0 fully saturated rings. The van der Waals surface area contributed by atoms with Gasteiger partial charge in [-0.2, -0.15) is 0 Å². The number of phenolic OH excluding ortho intramolecular Hbond substituents is 2. The largest absolute Gasteiger partial charge is 0.508 e. The van der Waals surface area contributed by atoms with Crippen LogP contribution < -0.4 is 5.73 Å². The summed E-state index contributed by atoms with van der Waals surface area (Å²) in [6, 6.07) is 10.3. The Hall–Kier alpha value is -2.49. The van der Waals surface area contributed by atoms with E-state index in [4.69, 9.17) is 10.8 Å². The third-order valence-corrected chi connectivity index (χ3v) is 2.37. The van der Waals surface area contributed by atoms with Crippen LogP contribution in [0.4, 0.5) is 5.69 Å². The van der Waals surface area contributed by atoms with Crippen molar-refractivity contribution >= 4 is 11.5 Å². The van der Waals surface area contributed by atoms with Crippen molar-refractivity contribution in [3.63, 3.8) is 0 Å². The summed E-state index contributed by atoms with van der Waals surface area (Å²) in [4.78, 5) is 12.0. The normalized spacial score (nSPS) is 10.1. The lowest BCUT2D eigenvalue weighted by molar-refractivity contribution is 0.103. The zero-order valence-corrected chi connectivity index (χ0v) is 8.92. The van der Waals surface area contributed by atoms with Crippen molar-refractivity contribution in [3.05, 3.63) is 53.6 Å². The van der Waals surface area contributed by atoms with Gasteiger partial charge >= 0.3 is 0 Å². The SMILES string of the molecule is Nc1cccc(C(=O)c2ccc(O)cc2O)c1. The van der Waals surface area contributed by atoms with Gasteiger partial charge in [0, 0.05) is 17.3 Å². The van der Waals surface area contributed by atoms with Gasteiger partial charge in [-0.15, -0.1) is 0 Å². The molecule has 0 heterocycles.